The molecule has 0 aliphatic carbocycles. The van der Waals surface area contributed by atoms with Crippen molar-refractivity contribution >= 4 is 11.8 Å². The number of rotatable bonds is 4. The minimum atomic E-state index is -3.32. The number of hydrogen-bond donors (Lipinski definition) is 11. The van der Waals surface area contributed by atoms with E-state index in [0.717, 1.165) is 60.7 Å². The topological polar surface area (TPSA) is 303 Å². The fraction of sp³-hybridized carbons (Fsp3) is 0.135. The minimum Gasteiger partial charge on any atom is -0.508 e. The van der Waals surface area contributed by atoms with Gasteiger partial charge >= 0.3 is 17.5 Å². The molecule has 55 heavy (non-hydrogen) atoms. The number of carbonyl (C=O) groups is 2. The van der Waals surface area contributed by atoms with Crippen molar-refractivity contribution in [1.29, 1.82) is 0 Å². The number of aliphatic hydroxyl groups is 1. The molecule has 3 aliphatic rings. The first kappa shape index (κ1) is 34.5. The first-order valence-electron chi connectivity index (χ1n) is 16.0. The lowest BCUT2D eigenvalue weighted by Crippen LogP contribution is -2.70. The number of phenolic OH excluding ortho intramolecular Hbond substituents is 10. The van der Waals surface area contributed by atoms with Gasteiger partial charge in [0.25, 0.3) is 5.78 Å². The van der Waals surface area contributed by atoms with Gasteiger partial charge in [0.15, 0.2) is 46.4 Å². The number of carbonyl (C=O) groups excluding carboxylic acids is 2. The average Bonchev–Trinajstić information content (AvgIpc) is 3.11. The lowest BCUT2D eigenvalue weighted by atomic mass is 9.85. The molecule has 8 rings (SSSR count). The van der Waals surface area contributed by atoms with Crippen LogP contribution in [-0.4, -0.2) is 79.8 Å². The van der Waals surface area contributed by atoms with E-state index in [9.17, 15) is 65.8 Å². The fourth-order valence-corrected chi connectivity index (χ4v) is 6.70. The van der Waals surface area contributed by atoms with Crippen LogP contribution in [0.2, 0.25) is 0 Å². The zero-order valence-corrected chi connectivity index (χ0v) is 27.5. The van der Waals surface area contributed by atoms with Crippen LogP contribution >= 0.6 is 0 Å². The van der Waals surface area contributed by atoms with Crippen molar-refractivity contribution in [1.82, 2.24) is 0 Å². The molecule has 3 heterocycles. The second-order valence-corrected chi connectivity index (χ2v) is 12.8. The van der Waals surface area contributed by atoms with Crippen LogP contribution in [0.4, 0.5) is 0 Å². The minimum absolute atomic E-state index is 0.0180. The summed E-state index contributed by atoms with van der Waals surface area (Å²) in [4.78, 5) is 27.9. The van der Waals surface area contributed by atoms with Gasteiger partial charge in [-0.1, -0.05) is 0 Å². The second-order valence-electron chi connectivity index (χ2n) is 12.8. The van der Waals surface area contributed by atoms with Crippen LogP contribution < -0.4 is 18.9 Å². The summed E-state index contributed by atoms with van der Waals surface area (Å²) in [6.07, 6.45) is -3.01. The van der Waals surface area contributed by atoms with Gasteiger partial charge in [0, 0.05) is 47.4 Å². The summed E-state index contributed by atoms with van der Waals surface area (Å²) < 4.78 is 29.4. The Bertz CT molecular complexity index is 2470. The largest absolute Gasteiger partial charge is 0.508 e. The lowest BCUT2D eigenvalue weighted by Gasteiger charge is -2.50. The maximum Gasteiger partial charge on any atom is 0.358 e. The van der Waals surface area contributed by atoms with E-state index in [0.29, 0.717) is 0 Å². The molecule has 5 aromatic carbocycles. The Morgan fingerprint density at radius 1 is 0.655 bits per heavy atom. The van der Waals surface area contributed by atoms with Gasteiger partial charge in [0.05, 0.1) is 5.56 Å². The highest BCUT2D eigenvalue weighted by Gasteiger charge is 2.71. The van der Waals surface area contributed by atoms with Crippen molar-refractivity contribution < 1.29 is 89.4 Å². The van der Waals surface area contributed by atoms with E-state index >= 15 is 0 Å². The van der Waals surface area contributed by atoms with Crippen molar-refractivity contribution in [3.05, 3.63) is 94.5 Å². The van der Waals surface area contributed by atoms with Crippen LogP contribution in [0.15, 0.2) is 66.7 Å². The maximum atomic E-state index is 14.1. The molecular weight excluding hydrogens is 732 g/mol. The van der Waals surface area contributed by atoms with E-state index in [2.05, 4.69) is 0 Å². The predicted octanol–water partition coefficient (Wildman–Crippen LogP) is 3.23. The summed E-state index contributed by atoms with van der Waals surface area (Å²) >= 11 is 0. The molecule has 0 fully saturated rings. The van der Waals surface area contributed by atoms with Crippen molar-refractivity contribution in [2.24, 2.45) is 0 Å². The number of hydrogen-bond acceptors (Lipinski definition) is 18. The molecular formula is C37H26O18. The highest BCUT2D eigenvalue weighted by atomic mass is 16.8. The Hall–Kier alpha value is -7.60. The highest BCUT2D eigenvalue weighted by Crippen LogP contribution is 2.57. The number of ketones is 1. The van der Waals surface area contributed by atoms with Gasteiger partial charge in [0.1, 0.15) is 46.2 Å². The first-order valence-corrected chi connectivity index (χ1v) is 16.0. The molecule has 0 bridgehead atoms. The Morgan fingerprint density at radius 2 is 1.33 bits per heavy atom. The van der Waals surface area contributed by atoms with E-state index in [1.165, 1.54) is 6.07 Å². The van der Waals surface area contributed by atoms with Crippen molar-refractivity contribution in [2.45, 2.75) is 30.2 Å². The van der Waals surface area contributed by atoms with Gasteiger partial charge in [0.2, 0.25) is 5.75 Å². The van der Waals surface area contributed by atoms with Crippen LogP contribution in [-0.2, 0) is 16.9 Å². The van der Waals surface area contributed by atoms with Crippen LogP contribution in [0.1, 0.15) is 43.5 Å². The molecule has 5 aromatic rings. The lowest BCUT2D eigenvalue weighted by molar-refractivity contribution is -0.316. The van der Waals surface area contributed by atoms with Gasteiger partial charge in [-0.25, -0.2) is 4.79 Å². The molecule has 4 unspecified atom stereocenters. The molecule has 0 saturated heterocycles. The monoisotopic (exact) mass is 758 g/mol. The number of fused-ring (bicyclic) bond motifs is 4. The summed E-state index contributed by atoms with van der Waals surface area (Å²) in [6.45, 7) is 0. The Labute approximate surface area is 306 Å². The number of benzene rings is 5. The molecule has 3 aliphatic heterocycles. The summed E-state index contributed by atoms with van der Waals surface area (Å²) in [5.41, 5.74) is -1.44. The SMILES string of the molecule is O=C(OC1Cc2c(O)cc(O)cc2OC1c1cc(O)c(O)c(O)c1)c1cc(O)c2c(c1)OC1(O)C(=O)c3c(O)cc(O)cc3OC1(c1ccc(O)c(O)c1)O2. The first-order chi connectivity index (χ1) is 26.0. The Balaban J connectivity index is 1.20. The molecule has 0 saturated carbocycles. The molecule has 0 spiro atoms. The van der Waals surface area contributed by atoms with Crippen LogP contribution in [0.25, 0.3) is 0 Å². The number of esters is 1. The quantitative estimate of drug-likeness (QED) is 0.0926. The predicted molar refractivity (Wildman–Crippen MR) is 178 cm³/mol. The summed E-state index contributed by atoms with van der Waals surface area (Å²) in [6, 6.07) is 10.6. The molecule has 0 radical (unpaired) electrons. The molecule has 0 amide bonds. The van der Waals surface area contributed by atoms with Crippen LogP contribution in [0, 0.1) is 0 Å². The summed E-state index contributed by atoms with van der Waals surface area (Å²) in [5, 5.41) is 115. The highest BCUT2D eigenvalue weighted by molar-refractivity contribution is 6.08. The fourth-order valence-electron chi connectivity index (χ4n) is 6.70. The molecule has 11 N–H and O–H groups in total. The molecule has 18 nitrogen and oxygen atoms in total. The van der Waals surface area contributed by atoms with Crippen molar-refractivity contribution in [3.63, 3.8) is 0 Å². The Kier molecular flexibility index (Phi) is 7.34. The Morgan fingerprint density at radius 3 is 2.02 bits per heavy atom. The van der Waals surface area contributed by atoms with E-state index in [-0.39, 0.29) is 34.6 Å². The third-order valence-corrected chi connectivity index (χ3v) is 9.28. The van der Waals surface area contributed by atoms with Gasteiger partial charge < -0.3 is 79.9 Å². The maximum absolute atomic E-state index is 14.1. The molecule has 18 heteroatoms. The zero-order valence-electron chi connectivity index (χ0n) is 27.5. The standard InChI is InChI=1S/C37H26O18/c38-16-8-20(41)18-12-28(32(51-26(18)10-16)13-3-23(44)31(47)24(45)4-13)52-35(49)14-5-25(46)33-29(6-14)53-36(50)34(48)30-22(43)9-17(39)11-27(30)54-37(36,55-33)15-1-2-19(40)21(42)7-15/h1-11,28,32,38-47,50H,12H2. The van der Waals surface area contributed by atoms with E-state index in [1.807, 2.05) is 0 Å². The number of Topliss-reactive ketones (excluding diaryl/α,β-unsaturated/α-hetero) is 1. The molecule has 4 atom stereocenters. The van der Waals surface area contributed by atoms with Gasteiger partial charge in [-0.3, -0.25) is 4.79 Å². The molecule has 0 aromatic heterocycles. The van der Waals surface area contributed by atoms with E-state index < -0.39 is 116 Å². The van der Waals surface area contributed by atoms with E-state index in [4.69, 9.17) is 23.7 Å². The third kappa shape index (κ3) is 5.14. The van der Waals surface area contributed by atoms with Crippen molar-refractivity contribution in [2.75, 3.05) is 0 Å². The summed E-state index contributed by atoms with van der Waals surface area (Å²) in [7, 11) is 0. The number of ether oxygens (including phenoxy) is 5. The van der Waals surface area contributed by atoms with Crippen molar-refractivity contribution in [3.8, 4) is 80.5 Å². The second kappa shape index (κ2) is 11.7. The van der Waals surface area contributed by atoms with Gasteiger partial charge in [-0.15, -0.1) is 0 Å². The average molecular weight is 759 g/mol. The van der Waals surface area contributed by atoms with Gasteiger partial charge in [-0.2, -0.15) is 0 Å². The summed E-state index contributed by atoms with van der Waals surface area (Å²) in [5.74, 6) is -17.4. The normalized spacial score (nSPS) is 21.9. The molecule has 282 valence electrons. The number of phenols is 10. The zero-order chi connectivity index (χ0) is 39.3. The van der Waals surface area contributed by atoms with Crippen LogP contribution in [0.5, 0.6) is 80.5 Å². The smallest absolute Gasteiger partial charge is 0.358 e. The number of aromatic hydroxyl groups is 10. The third-order valence-electron chi connectivity index (χ3n) is 9.28. The van der Waals surface area contributed by atoms with Crippen LogP contribution in [0.3, 0.4) is 0 Å². The van der Waals surface area contributed by atoms with E-state index in [1.54, 1.807) is 0 Å². The van der Waals surface area contributed by atoms with Gasteiger partial charge in [-0.05, 0) is 42.5 Å².